The van der Waals surface area contributed by atoms with Crippen molar-refractivity contribution in [2.75, 3.05) is 18.1 Å². The maximum absolute atomic E-state index is 6.75. The van der Waals surface area contributed by atoms with Crippen molar-refractivity contribution in [2.24, 2.45) is 0 Å². The Morgan fingerprint density at radius 3 is 1.86 bits per heavy atom. The molecule has 2 aliphatic rings. The van der Waals surface area contributed by atoms with Crippen molar-refractivity contribution in [3.05, 3.63) is 199 Å². The second kappa shape index (κ2) is 19.8. The van der Waals surface area contributed by atoms with Gasteiger partial charge in [0.05, 0.1) is 24.6 Å². The number of anilines is 3. The summed E-state index contributed by atoms with van der Waals surface area (Å²) in [6.07, 6.45) is 19.0. The minimum Gasteiger partial charge on any atom is -0.493 e. The molecule has 0 saturated heterocycles. The van der Waals surface area contributed by atoms with Crippen LogP contribution in [0.25, 0.3) is 55.3 Å². The third-order valence-corrected chi connectivity index (χ3v) is 14.1. The molecular weight excluding hydrogens is 859 g/mol. The van der Waals surface area contributed by atoms with E-state index in [1.54, 1.807) is 6.08 Å². The number of allylic oxidation sites excluding steroid dienone is 6. The van der Waals surface area contributed by atoms with Gasteiger partial charge in [-0.25, -0.2) is 0 Å². The van der Waals surface area contributed by atoms with Gasteiger partial charge in [-0.3, -0.25) is 0 Å². The van der Waals surface area contributed by atoms with E-state index in [0.29, 0.717) is 13.2 Å². The predicted octanol–water partition coefficient (Wildman–Crippen LogP) is 18.6. The number of benzene rings is 7. The Kier molecular flexibility index (Phi) is 13.1. The number of aryl methyl sites for hydroxylation is 3. The van der Waals surface area contributed by atoms with Crippen molar-refractivity contribution in [3.8, 4) is 56.4 Å². The normalized spacial score (nSPS) is 13.4. The van der Waals surface area contributed by atoms with Gasteiger partial charge in [-0.15, -0.1) is 0 Å². The predicted molar refractivity (Wildman–Crippen MR) is 293 cm³/mol. The van der Waals surface area contributed by atoms with Gasteiger partial charge in [-0.2, -0.15) is 0 Å². The number of hydrogen-bond acceptors (Lipinski definition) is 5. The molecule has 5 nitrogen and oxygen atoms in total. The molecule has 2 heterocycles. The molecule has 1 aliphatic heterocycles. The highest BCUT2D eigenvalue weighted by molar-refractivity contribution is 6.08. The molecule has 1 aromatic heterocycles. The van der Waals surface area contributed by atoms with Gasteiger partial charge in [0.15, 0.2) is 11.5 Å². The minimum atomic E-state index is -0.268. The number of hydrogen-bond donors (Lipinski definition) is 0. The molecule has 7 aromatic carbocycles. The van der Waals surface area contributed by atoms with Gasteiger partial charge >= 0.3 is 0 Å². The first kappa shape index (κ1) is 46.2. The molecule has 0 fully saturated rings. The first-order chi connectivity index (χ1) is 34.1. The summed E-state index contributed by atoms with van der Waals surface area (Å²) >= 11 is 0. The highest BCUT2D eigenvalue weighted by Crippen LogP contribution is 2.54. The van der Waals surface area contributed by atoms with Crippen LogP contribution in [0.1, 0.15) is 87.1 Å². The molecule has 10 rings (SSSR count). The Labute approximate surface area is 414 Å². The number of nitrogens with zero attached hydrogens (tertiary/aromatic N) is 1. The molecule has 352 valence electrons. The van der Waals surface area contributed by atoms with E-state index in [1.807, 2.05) is 18.2 Å². The molecule has 8 aromatic rings. The molecule has 0 amide bonds. The molecule has 70 heavy (non-hydrogen) atoms. The quantitative estimate of drug-likeness (QED) is 0.0634. The number of ether oxygens (including phenoxy) is 3. The fraction of sp³-hybridized carbons (Fsp3) is 0.231. The number of furan rings is 1. The smallest absolute Gasteiger partial charge is 0.152 e. The summed E-state index contributed by atoms with van der Waals surface area (Å²) in [6, 6.07) is 44.6. The van der Waals surface area contributed by atoms with Crippen LogP contribution in [0.15, 0.2) is 175 Å². The lowest BCUT2D eigenvalue weighted by Crippen LogP contribution is -2.16. The molecule has 0 N–H and O–H groups in total. The summed E-state index contributed by atoms with van der Waals surface area (Å²) < 4.78 is 26.4. The summed E-state index contributed by atoms with van der Waals surface area (Å²) in [4.78, 5) is 2.34. The van der Waals surface area contributed by atoms with Gasteiger partial charge in [-0.1, -0.05) is 125 Å². The molecule has 1 aliphatic carbocycles. The van der Waals surface area contributed by atoms with E-state index in [4.69, 9.17) is 18.6 Å². The molecule has 5 heteroatoms. The van der Waals surface area contributed by atoms with E-state index in [1.165, 1.54) is 40.7 Å². The zero-order valence-electron chi connectivity index (χ0n) is 41.4. The van der Waals surface area contributed by atoms with Crippen molar-refractivity contribution in [2.45, 2.75) is 85.0 Å². The Hall–Kier alpha value is -7.50. The third-order valence-electron chi connectivity index (χ3n) is 14.1. The van der Waals surface area contributed by atoms with Gasteiger partial charge in [0.2, 0.25) is 0 Å². The fourth-order valence-electron chi connectivity index (χ4n) is 10.2. The average molecular weight is 922 g/mol. The van der Waals surface area contributed by atoms with Crippen LogP contribution in [0, 0.1) is 13.8 Å². The van der Waals surface area contributed by atoms with Gasteiger partial charge in [-0.05, 0) is 181 Å². The van der Waals surface area contributed by atoms with Gasteiger partial charge in [0, 0.05) is 27.4 Å². The van der Waals surface area contributed by atoms with E-state index in [2.05, 4.69) is 186 Å². The van der Waals surface area contributed by atoms with Gasteiger partial charge in [0.1, 0.15) is 22.7 Å². The third kappa shape index (κ3) is 8.97. The van der Waals surface area contributed by atoms with Crippen LogP contribution < -0.4 is 19.1 Å². The Balaban J connectivity index is 0.971. The lowest BCUT2D eigenvalue weighted by molar-refractivity contribution is 0.310. The standard InChI is InChI=1S/C65H63NO4/c1-8-11-14-16-18-33-67-59-41-53-54-42-60(68-34-19-17-15-12-9-2)52(40-62(54)69-61(53)36-44(59)5)48-25-30-51-50-29-24-46(37-55(50)65(6,7)56(51)38-48)47-26-32-58-64(39-47)70-63-35-43(4)21-31-57(63)66(58)49-27-22-45(23-28-49)20-13-10-3/h8-9,11-12,14-15,21-32,35-42H,1-2,10,13,16-20,33-34H2,3-7H3/b14-11-,15-12-. The van der Waals surface area contributed by atoms with Gasteiger partial charge in [0.25, 0.3) is 0 Å². The number of rotatable bonds is 18. The van der Waals surface area contributed by atoms with Crippen LogP contribution in [-0.4, -0.2) is 13.2 Å². The summed E-state index contributed by atoms with van der Waals surface area (Å²) in [5.41, 5.74) is 17.7. The summed E-state index contributed by atoms with van der Waals surface area (Å²) in [5.74, 6) is 3.42. The van der Waals surface area contributed by atoms with Crippen LogP contribution in [0.2, 0.25) is 0 Å². The highest BCUT2D eigenvalue weighted by Gasteiger charge is 2.36. The van der Waals surface area contributed by atoms with Crippen LogP contribution in [0.4, 0.5) is 17.1 Å². The largest absolute Gasteiger partial charge is 0.493 e. The van der Waals surface area contributed by atoms with Gasteiger partial charge < -0.3 is 23.5 Å². The second-order valence-electron chi connectivity index (χ2n) is 19.4. The fourth-order valence-corrected chi connectivity index (χ4v) is 10.2. The van der Waals surface area contributed by atoms with Crippen LogP contribution in [0.5, 0.6) is 23.0 Å². The Morgan fingerprint density at radius 1 is 0.586 bits per heavy atom. The van der Waals surface area contributed by atoms with Crippen molar-refractivity contribution in [1.82, 2.24) is 0 Å². The summed E-state index contributed by atoms with van der Waals surface area (Å²) in [7, 11) is 0. The van der Waals surface area contributed by atoms with E-state index in [-0.39, 0.29) is 5.41 Å². The highest BCUT2D eigenvalue weighted by atomic mass is 16.5. The first-order valence-electron chi connectivity index (χ1n) is 25.1. The average Bonchev–Trinajstić information content (AvgIpc) is 3.82. The van der Waals surface area contributed by atoms with Crippen LogP contribution >= 0.6 is 0 Å². The maximum atomic E-state index is 6.75. The molecule has 0 spiro atoms. The molecule has 0 bridgehead atoms. The molecule has 0 atom stereocenters. The topological polar surface area (TPSA) is 44.1 Å². The van der Waals surface area contributed by atoms with Crippen molar-refractivity contribution in [1.29, 1.82) is 0 Å². The zero-order valence-corrected chi connectivity index (χ0v) is 41.4. The Bertz CT molecular complexity index is 3330. The lowest BCUT2D eigenvalue weighted by Gasteiger charge is -2.33. The molecular formula is C65H63NO4. The number of unbranched alkanes of at least 4 members (excludes halogenated alkanes) is 3. The molecule has 0 saturated carbocycles. The van der Waals surface area contributed by atoms with E-state index >= 15 is 0 Å². The van der Waals surface area contributed by atoms with E-state index in [9.17, 15) is 0 Å². The summed E-state index contributed by atoms with van der Waals surface area (Å²) in [6.45, 7) is 19.9. The monoisotopic (exact) mass is 921 g/mol. The lowest BCUT2D eigenvalue weighted by atomic mass is 9.80. The zero-order chi connectivity index (χ0) is 48.4. The minimum absolute atomic E-state index is 0.268. The van der Waals surface area contributed by atoms with Crippen molar-refractivity contribution < 1.29 is 18.6 Å². The second-order valence-corrected chi connectivity index (χ2v) is 19.4. The summed E-state index contributed by atoms with van der Waals surface area (Å²) in [5, 5.41) is 2.03. The maximum Gasteiger partial charge on any atom is 0.152 e. The number of fused-ring (bicyclic) bond motifs is 8. The van der Waals surface area contributed by atoms with Crippen LogP contribution in [-0.2, 0) is 11.8 Å². The van der Waals surface area contributed by atoms with Crippen molar-refractivity contribution in [3.63, 3.8) is 0 Å². The van der Waals surface area contributed by atoms with Crippen molar-refractivity contribution >= 4 is 39.0 Å². The van der Waals surface area contributed by atoms with Crippen LogP contribution in [0.3, 0.4) is 0 Å². The first-order valence-corrected chi connectivity index (χ1v) is 25.1. The SMILES string of the molecule is C=C/C=C\CCCOc1cc2c(cc1C)oc1cc(-c3ccc4c(c3)C(C)(C)c3cc(-c5ccc6c(c5)Oc5cc(C)ccc5N6c5ccc(CCCC)cc5)ccc3-4)c(OCCC/C=C\C=C)cc12. The molecule has 0 unspecified atom stereocenters. The van der Waals surface area contributed by atoms with E-state index < -0.39 is 0 Å². The Morgan fingerprint density at radius 2 is 1.17 bits per heavy atom. The van der Waals surface area contributed by atoms with E-state index in [0.717, 1.165) is 127 Å². The molecule has 0 radical (unpaired) electrons.